The number of anilines is 1. The molecule has 1 unspecified atom stereocenters. The van der Waals surface area contributed by atoms with Crippen LogP contribution in [0.5, 0.6) is 0 Å². The highest BCUT2D eigenvalue weighted by molar-refractivity contribution is 7.22. The van der Waals surface area contributed by atoms with Crippen LogP contribution in [0.25, 0.3) is 10.2 Å². The first-order valence-corrected chi connectivity index (χ1v) is 7.04. The molecule has 0 fully saturated rings. The van der Waals surface area contributed by atoms with E-state index in [0.29, 0.717) is 18.6 Å². The second-order valence-corrected chi connectivity index (χ2v) is 5.97. The molecule has 98 valence electrons. The van der Waals surface area contributed by atoms with Crippen LogP contribution in [0.2, 0.25) is 0 Å². The van der Waals surface area contributed by atoms with Crippen LogP contribution in [-0.2, 0) is 4.74 Å². The van der Waals surface area contributed by atoms with Gasteiger partial charge in [0.2, 0.25) is 0 Å². The Labute approximate surface area is 112 Å². The summed E-state index contributed by atoms with van der Waals surface area (Å²) in [6, 6.07) is 6.68. The van der Waals surface area contributed by atoms with Crippen molar-refractivity contribution in [3.05, 3.63) is 23.8 Å². The van der Waals surface area contributed by atoms with Gasteiger partial charge in [0, 0.05) is 7.11 Å². The number of nitrogens with one attached hydrogen (secondary N) is 1. The van der Waals surface area contributed by atoms with Gasteiger partial charge in [-0.25, -0.2) is 4.98 Å². The average Bonchev–Trinajstić information content (AvgIpc) is 2.69. The molecule has 4 heteroatoms. The number of hydrogen-bond acceptors (Lipinski definition) is 4. The predicted octanol–water partition coefficient (Wildman–Crippen LogP) is 3.69. The molecule has 0 saturated carbocycles. The first kappa shape index (κ1) is 13.3. The first-order chi connectivity index (χ1) is 8.60. The SMILES string of the molecule is COCC(Nc1nc2cc(C)ccc2s1)C(C)C. The average molecular weight is 264 g/mol. The van der Waals surface area contributed by atoms with Gasteiger partial charge >= 0.3 is 0 Å². The fourth-order valence-electron chi connectivity index (χ4n) is 1.84. The summed E-state index contributed by atoms with van der Waals surface area (Å²) in [5.41, 5.74) is 2.32. The van der Waals surface area contributed by atoms with Crippen LogP contribution in [0.4, 0.5) is 5.13 Å². The molecule has 2 aromatic rings. The predicted molar refractivity (Wildman–Crippen MR) is 78.5 cm³/mol. The molecule has 0 radical (unpaired) electrons. The normalized spacial score (nSPS) is 13.2. The van der Waals surface area contributed by atoms with Crippen LogP contribution in [0.1, 0.15) is 19.4 Å². The molecule has 0 spiro atoms. The quantitative estimate of drug-likeness (QED) is 0.894. The Morgan fingerprint density at radius 3 is 2.83 bits per heavy atom. The molecule has 1 aromatic heterocycles. The molecule has 0 bridgehead atoms. The number of fused-ring (bicyclic) bond motifs is 1. The van der Waals surface area contributed by atoms with Gasteiger partial charge in [0.25, 0.3) is 0 Å². The third kappa shape index (κ3) is 3.00. The largest absolute Gasteiger partial charge is 0.383 e. The van der Waals surface area contributed by atoms with Crippen LogP contribution in [0.15, 0.2) is 18.2 Å². The van der Waals surface area contributed by atoms with Crippen molar-refractivity contribution in [2.45, 2.75) is 26.8 Å². The van der Waals surface area contributed by atoms with Crippen molar-refractivity contribution < 1.29 is 4.74 Å². The zero-order valence-corrected chi connectivity index (χ0v) is 12.2. The van der Waals surface area contributed by atoms with Crippen molar-refractivity contribution in [3.63, 3.8) is 0 Å². The zero-order valence-electron chi connectivity index (χ0n) is 11.4. The van der Waals surface area contributed by atoms with Crippen molar-refractivity contribution in [2.24, 2.45) is 5.92 Å². The lowest BCUT2D eigenvalue weighted by Crippen LogP contribution is -2.30. The molecule has 1 N–H and O–H groups in total. The summed E-state index contributed by atoms with van der Waals surface area (Å²) in [5.74, 6) is 0.513. The highest BCUT2D eigenvalue weighted by Crippen LogP contribution is 2.27. The number of methoxy groups -OCH3 is 1. The summed E-state index contributed by atoms with van der Waals surface area (Å²) in [7, 11) is 1.73. The molecular formula is C14H20N2OS. The fraction of sp³-hybridized carbons (Fsp3) is 0.500. The summed E-state index contributed by atoms with van der Waals surface area (Å²) >= 11 is 1.70. The van der Waals surface area contributed by atoms with E-state index >= 15 is 0 Å². The van der Waals surface area contributed by atoms with E-state index in [4.69, 9.17) is 4.74 Å². The molecule has 0 aliphatic heterocycles. The summed E-state index contributed by atoms with van der Waals surface area (Å²) in [5, 5.41) is 4.45. The van der Waals surface area contributed by atoms with Gasteiger partial charge in [0.15, 0.2) is 5.13 Å². The lowest BCUT2D eigenvalue weighted by atomic mass is 10.1. The minimum Gasteiger partial charge on any atom is -0.383 e. The molecule has 0 aliphatic rings. The molecule has 1 aromatic carbocycles. The van der Waals surface area contributed by atoms with E-state index in [9.17, 15) is 0 Å². The van der Waals surface area contributed by atoms with Gasteiger partial charge in [-0.05, 0) is 30.5 Å². The molecule has 0 aliphatic carbocycles. The minimum absolute atomic E-state index is 0.302. The molecule has 1 heterocycles. The van der Waals surface area contributed by atoms with Crippen LogP contribution in [0, 0.1) is 12.8 Å². The minimum atomic E-state index is 0.302. The number of ether oxygens (including phenoxy) is 1. The molecule has 3 nitrogen and oxygen atoms in total. The summed E-state index contributed by atoms with van der Waals surface area (Å²) in [6.07, 6.45) is 0. The fourth-order valence-corrected chi connectivity index (χ4v) is 2.75. The smallest absolute Gasteiger partial charge is 0.184 e. The van der Waals surface area contributed by atoms with E-state index in [0.717, 1.165) is 10.6 Å². The molecule has 2 rings (SSSR count). The van der Waals surface area contributed by atoms with Gasteiger partial charge in [0.1, 0.15) is 0 Å². The molecule has 0 amide bonds. The van der Waals surface area contributed by atoms with E-state index in [2.05, 4.69) is 49.3 Å². The number of aryl methyl sites for hydroxylation is 1. The van der Waals surface area contributed by atoms with Crippen molar-refractivity contribution in [1.82, 2.24) is 4.98 Å². The van der Waals surface area contributed by atoms with Crippen LogP contribution in [0.3, 0.4) is 0 Å². The standard InChI is InChI=1S/C14H20N2OS/c1-9(2)12(8-17-4)16-14-15-11-7-10(3)5-6-13(11)18-14/h5-7,9,12H,8H2,1-4H3,(H,15,16). The second-order valence-electron chi connectivity index (χ2n) is 4.94. The van der Waals surface area contributed by atoms with E-state index in [1.807, 2.05) is 0 Å². The Balaban J connectivity index is 2.20. The highest BCUT2D eigenvalue weighted by atomic mass is 32.1. The number of hydrogen-bond donors (Lipinski definition) is 1. The van der Waals surface area contributed by atoms with Gasteiger partial charge < -0.3 is 10.1 Å². The highest BCUT2D eigenvalue weighted by Gasteiger charge is 2.15. The van der Waals surface area contributed by atoms with Gasteiger partial charge in [-0.1, -0.05) is 31.3 Å². The van der Waals surface area contributed by atoms with Crippen molar-refractivity contribution in [1.29, 1.82) is 0 Å². The van der Waals surface area contributed by atoms with Gasteiger partial charge in [-0.15, -0.1) is 0 Å². The topological polar surface area (TPSA) is 34.1 Å². The van der Waals surface area contributed by atoms with E-state index in [1.165, 1.54) is 10.3 Å². The van der Waals surface area contributed by atoms with Crippen LogP contribution in [-0.4, -0.2) is 24.7 Å². The van der Waals surface area contributed by atoms with Gasteiger partial charge in [-0.2, -0.15) is 0 Å². The maximum Gasteiger partial charge on any atom is 0.184 e. The third-order valence-corrected chi connectivity index (χ3v) is 3.97. The Kier molecular flexibility index (Phi) is 4.19. The second kappa shape index (κ2) is 5.67. The van der Waals surface area contributed by atoms with Crippen LogP contribution < -0.4 is 5.32 Å². The van der Waals surface area contributed by atoms with E-state index in [-0.39, 0.29) is 0 Å². The third-order valence-electron chi connectivity index (χ3n) is 3.00. The Morgan fingerprint density at radius 2 is 2.17 bits per heavy atom. The van der Waals surface area contributed by atoms with E-state index in [1.54, 1.807) is 18.4 Å². The summed E-state index contributed by atoms with van der Waals surface area (Å²) < 4.78 is 6.47. The molecular weight excluding hydrogens is 244 g/mol. The molecule has 1 atom stereocenters. The number of thiazole rings is 1. The van der Waals surface area contributed by atoms with Gasteiger partial charge in [0.05, 0.1) is 22.9 Å². The molecule has 0 saturated heterocycles. The maximum absolute atomic E-state index is 5.25. The Hall–Kier alpha value is -1.13. The number of rotatable bonds is 5. The van der Waals surface area contributed by atoms with Gasteiger partial charge in [-0.3, -0.25) is 0 Å². The maximum atomic E-state index is 5.25. The van der Waals surface area contributed by atoms with Crippen molar-refractivity contribution >= 4 is 26.7 Å². The monoisotopic (exact) mass is 264 g/mol. The van der Waals surface area contributed by atoms with Crippen molar-refractivity contribution in [2.75, 3.05) is 19.0 Å². The Bertz CT molecular complexity index is 521. The molecule has 18 heavy (non-hydrogen) atoms. The lowest BCUT2D eigenvalue weighted by Gasteiger charge is -2.20. The Morgan fingerprint density at radius 1 is 1.39 bits per heavy atom. The summed E-state index contributed by atoms with van der Waals surface area (Å²) in [6.45, 7) is 7.17. The first-order valence-electron chi connectivity index (χ1n) is 6.23. The number of aromatic nitrogens is 1. The summed E-state index contributed by atoms with van der Waals surface area (Å²) in [4.78, 5) is 4.63. The zero-order chi connectivity index (χ0) is 13.1. The number of benzene rings is 1. The van der Waals surface area contributed by atoms with Crippen LogP contribution >= 0.6 is 11.3 Å². The van der Waals surface area contributed by atoms with E-state index < -0.39 is 0 Å². The van der Waals surface area contributed by atoms with Crippen molar-refractivity contribution in [3.8, 4) is 0 Å². The number of nitrogens with zero attached hydrogens (tertiary/aromatic N) is 1. The lowest BCUT2D eigenvalue weighted by molar-refractivity contribution is 0.171.